The minimum Gasteiger partial charge on any atom is -0.355 e. The highest BCUT2D eigenvalue weighted by molar-refractivity contribution is 7.17. The normalized spacial score (nSPS) is 17.2. The molecule has 2 aromatic rings. The van der Waals surface area contributed by atoms with Crippen LogP contribution in [0, 0.1) is 0 Å². The van der Waals surface area contributed by atoms with E-state index in [4.69, 9.17) is 0 Å². The number of rotatable bonds is 1. The van der Waals surface area contributed by atoms with E-state index in [9.17, 15) is 0 Å². The number of anilines is 1. The lowest BCUT2D eigenvalue weighted by molar-refractivity contribution is 0.575. The van der Waals surface area contributed by atoms with Gasteiger partial charge < -0.3 is 4.90 Å². The molecular formula is C11H13N3S. The molecule has 0 radical (unpaired) electrons. The maximum Gasteiger partial charge on any atom is 0.150 e. The molecule has 3 heterocycles. The summed E-state index contributed by atoms with van der Waals surface area (Å²) in [5.41, 5.74) is 1.08. The van der Waals surface area contributed by atoms with Crippen LogP contribution in [0.15, 0.2) is 17.8 Å². The quantitative estimate of drug-likeness (QED) is 0.738. The highest BCUT2D eigenvalue weighted by atomic mass is 32.1. The van der Waals surface area contributed by atoms with Crippen LogP contribution in [0.5, 0.6) is 0 Å². The number of fused-ring (bicyclic) bond motifs is 1. The molecular weight excluding hydrogens is 206 g/mol. The van der Waals surface area contributed by atoms with Crippen molar-refractivity contribution < 1.29 is 0 Å². The molecule has 0 unspecified atom stereocenters. The van der Waals surface area contributed by atoms with Gasteiger partial charge in [-0.2, -0.15) is 0 Å². The van der Waals surface area contributed by atoms with E-state index in [-0.39, 0.29) is 0 Å². The van der Waals surface area contributed by atoms with Gasteiger partial charge in [0.05, 0.1) is 10.2 Å². The molecule has 0 atom stereocenters. The van der Waals surface area contributed by atoms with Crippen LogP contribution >= 0.6 is 11.3 Å². The first-order valence-electron chi connectivity index (χ1n) is 5.38. The smallest absolute Gasteiger partial charge is 0.150 e. The van der Waals surface area contributed by atoms with Gasteiger partial charge in [0.2, 0.25) is 0 Å². The van der Waals surface area contributed by atoms with Gasteiger partial charge in [0.25, 0.3) is 0 Å². The number of thiophene rings is 1. The average Bonchev–Trinajstić information content (AvgIpc) is 2.78. The minimum absolute atomic E-state index is 1.08. The summed E-state index contributed by atoms with van der Waals surface area (Å²) in [5.74, 6) is 1.13. The summed E-state index contributed by atoms with van der Waals surface area (Å²) in [6.07, 6.45) is 5.61. The van der Waals surface area contributed by atoms with Crippen molar-refractivity contribution in [2.24, 2.45) is 0 Å². The predicted octanol–water partition coefficient (Wildman–Crippen LogP) is 2.68. The second-order valence-electron chi connectivity index (χ2n) is 3.88. The Balaban J connectivity index is 2.05. The number of nitrogens with zero attached hydrogens (tertiary/aromatic N) is 3. The van der Waals surface area contributed by atoms with Gasteiger partial charge in [-0.1, -0.05) is 0 Å². The molecule has 4 heteroatoms. The van der Waals surface area contributed by atoms with Crippen molar-refractivity contribution in [3.05, 3.63) is 17.8 Å². The van der Waals surface area contributed by atoms with E-state index in [1.54, 1.807) is 17.7 Å². The van der Waals surface area contributed by atoms with E-state index >= 15 is 0 Å². The van der Waals surface area contributed by atoms with E-state index in [2.05, 4.69) is 26.3 Å². The summed E-state index contributed by atoms with van der Waals surface area (Å²) in [6.45, 7) is 2.29. The molecule has 0 N–H and O–H groups in total. The van der Waals surface area contributed by atoms with Gasteiger partial charge in [0, 0.05) is 13.1 Å². The van der Waals surface area contributed by atoms with E-state index < -0.39 is 0 Å². The summed E-state index contributed by atoms with van der Waals surface area (Å²) in [7, 11) is 0. The summed E-state index contributed by atoms with van der Waals surface area (Å²) < 4.78 is 1.24. The zero-order chi connectivity index (χ0) is 10.1. The molecule has 0 spiro atoms. The molecule has 1 aliphatic heterocycles. The molecule has 0 saturated carbocycles. The third-order valence-electron chi connectivity index (χ3n) is 2.88. The molecule has 78 valence electrons. The van der Waals surface area contributed by atoms with Crippen LogP contribution < -0.4 is 4.90 Å². The van der Waals surface area contributed by atoms with Gasteiger partial charge in [0.15, 0.2) is 0 Å². The van der Waals surface area contributed by atoms with Crippen molar-refractivity contribution in [3.63, 3.8) is 0 Å². The first kappa shape index (κ1) is 9.09. The number of hydrogen-bond donors (Lipinski definition) is 0. The van der Waals surface area contributed by atoms with Crippen LogP contribution in [-0.2, 0) is 0 Å². The number of hydrogen-bond acceptors (Lipinski definition) is 4. The second kappa shape index (κ2) is 3.77. The Kier molecular flexibility index (Phi) is 2.29. The predicted molar refractivity (Wildman–Crippen MR) is 63.5 cm³/mol. The lowest BCUT2D eigenvalue weighted by atomic mass is 10.1. The Bertz CT molecular complexity index is 460. The van der Waals surface area contributed by atoms with Crippen molar-refractivity contribution >= 4 is 27.4 Å². The standard InChI is InChI=1S/C11H13N3S/c1-2-5-14(6-3-1)11-10-9(4-7-15-10)12-8-13-11/h4,7-8H,1-3,5-6H2. The van der Waals surface area contributed by atoms with Crippen molar-refractivity contribution in [3.8, 4) is 0 Å². The number of piperidine rings is 1. The fraction of sp³-hybridized carbons (Fsp3) is 0.455. The molecule has 1 fully saturated rings. The first-order chi connectivity index (χ1) is 7.45. The third-order valence-corrected chi connectivity index (χ3v) is 3.78. The summed E-state index contributed by atoms with van der Waals surface area (Å²) in [6, 6.07) is 2.06. The fourth-order valence-corrected chi connectivity index (χ4v) is 2.97. The van der Waals surface area contributed by atoms with Gasteiger partial charge in [0.1, 0.15) is 12.1 Å². The summed E-state index contributed by atoms with van der Waals surface area (Å²) in [4.78, 5) is 11.1. The van der Waals surface area contributed by atoms with Gasteiger partial charge in [-0.05, 0) is 30.7 Å². The highest BCUT2D eigenvalue weighted by Crippen LogP contribution is 2.29. The van der Waals surface area contributed by atoms with Crippen LogP contribution in [-0.4, -0.2) is 23.1 Å². The largest absolute Gasteiger partial charge is 0.355 e. The van der Waals surface area contributed by atoms with Crippen LogP contribution in [0.4, 0.5) is 5.82 Å². The maximum absolute atomic E-state index is 4.43. The molecule has 2 aromatic heterocycles. The van der Waals surface area contributed by atoms with Crippen LogP contribution in [0.2, 0.25) is 0 Å². The Hall–Kier alpha value is -1.16. The zero-order valence-electron chi connectivity index (χ0n) is 8.52. The summed E-state index contributed by atoms with van der Waals surface area (Å²) in [5, 5.41) is 2.09. The fourth-order valence-electron chi connectivity index (χ4n) is 2.11. The molecule has 0 aromatic carbocycles. The highest BCUT2D eigenvalue weighted by Gasteiger charge is 2.15. The van der Waals surface area contributed by atoms with Gasteiger partial charge >= 0.3 is 0 Å². The molecule has 0 amide bonds. The third kappa shape index (κ3) is 1.59. The van der Waals surface area contributed by atoms with E-state index in [1.807, 2.05) is 0 Å². The SMILES string of the molecule is c1nc(N2CCCCC2)c2sccc2n1. The van der Waals surface area contributed by atoms with Crippen LogP contribution in [0.1, 0.15) is 19.3 Å². The van der Waals surface area contributed by atoms with E-state index in [0.29, 0.717) is 0 Å². The Morgan fingerprint density at radius 1 is 1.13 bits per heavy atom. The zero-order valence-corrected chi connectivity index (χ0v) is 9.33. The maximum atomic E-state index is 4.43. The number of aromatic nitrogens is 2. The lowest BCUT2D eigenvalue weighted by Gasteiger charge is -2.27. The van der Waals surface area contributed by atoms with Gasteiger partial charge in [-0.3, -0.25) is 0 Å². The molecule has 3 nitrogen and oxygen atoms in total. The molecule has 0 aliphatic carbocycles. The first-order valence-corrected chi connectivity index (χ1v) is 6.26. The lowest BCUT2D eigenvalue weighted by Crippen LogP contribution is -2.30. The van der Waals surface area contributed by atoms with Gasteiger partial charge in [-0.25, -0.2) is 9.97 Å². The van der Waals surface area contributed by atoms with Crippen molar-refractivity contribution in [2.45, 2.75) is 19.3 Å². The van der Waals surface area contributed by atoms with Crippen LogP contribution in [0.25, 0.3) is 10.2 Å². The monoisotopic (exact) mass is 219 g/mol. The molecule has 1 aliphatic rings. The average molecular weight is 219 g/mol. The van der Waals surface area contributed by atoms with Crippen LogP contribution in [0.3, 0.4) is 0 Å². The molecule has 15 heavy (non-hydrogen) atoms. The van der Waals surface area contributed by atoms with E-state index in [1.165, 1.54) is 24.0 Å². The van der Waals surface area contributed by atoms with E-state index in [0.717, 1.165) is 24.4 Å². The Labute approximate surface area is 92.8 Å². The minimum atomic E-state index is 1.08. The topological polar surface area (TPSA) is 29.0 Å². The second-order valence-corrected chi connectivity index (χ2v) is 4.80. The molecule has 3 rings (SSSR count). The van der Waals surface area contributed by atoms with Crippen molar-refractivity contribution in [1.82, 2.24) is 9.97 Å². The van der Waals surface area contributed by atoms with Gasteiger partial charge in [-0.15, -0.1) is 11.3 Å². The molecule has 0 bridgehead atoms. The Morgan fingerprint density at radius 2 is 2.00 bits per heavy atom. The summed E-state index contributed by atoms with van der Waals surface area (Å²) >= 11 is 1.74. The van der Waals surface area contributed by atoms with Crippen molar-refractivity contribution in [2.75, 3.05) is 18.0 Å². The molecule has 1 saturated heterocycles. The Morgan fingerprint density at radius 3 is 2.87 bits per heavy atom. The van der Waals surface area contributed by atoms with Crippen molar-refractivity contribution in [1.29, 1.82) is 0 Å².